The molecule has 25 heavy (non-hydrogen) atoms. The van der Waals surface area contributed by atoms with Crippen LogP contribution in [0.15, 0.2) is 12.2 Å². The third-order valence-electron chi connectivity index (χ3n) is 4.74. The highest BCUT2D eigenvalue weighted by Crippen LogP contribution is 2.44. The molecule has 1 fully saturated rings. The van der Waals surface area contributed by atoms with E-state index in [4.69, 9.17) is 9.42 Å². The molecule has 2 rings (SSSR count). The zero-order valence-electron chi connectivity index (χ0n) is 15.8. The maximum atomic E-state index is 11.9. The number of nitrogens with one attached hydrogen (secondary N) is 1. The summed E-state index contributed by atoms with van der Waals surface area (Å²) in [5, 5.41) is 2.99. The Labute approximate surface area is 152 Å². The summed E-state index contributed by atoms with van der Waals surface area (Å²) in [7, 11) is -2.68. The highest BCUT2D eigenvalue weighted by atomic mass is 31.2. The van der Waals surface area contributed by atoms with Gasteiger partial charge in [0.1, 0.15) is 0 Å². The van der Waals surface area contributed by atoms with Gasteiger partial charge >= 0.3 is 7.82 Å². The number of unbranched alkanes of at least 4 members (excludes halogenated alkanes) is 3. The van der Waals surface area contributed by atoms with Crippen LogP contribution in [0.1, 0.15) is 58.8 Å². The molecule has 2 bridgehead atoms. The van der Waals surface area contributed by atoms with E-state index in [1.165, 1.54) is 12.8 Å². The van der Waals surface area contributed by atoms with Crippen molar-refractivity contribution in [2.45, 2.75) is 58.8 Å². The lowest BCUT2D eigenvalue weighted by atomic mass is 9.90. The summed E-state index contributed by atoms with van der Waals surface area (Å²) in [5.74, 6) is 2.05. The van der Waals surface area contributed by atoms with Crippen molar-refractivity contribution in [3.8, 4) is 0 Å². The van der Waals surface area contributed by atoms with Crippen LogP contribution in [0.4, 0.5) is 0 Å². The first-order chi connectivity index (χ1) is 12.0. The number of rotatable bonds is 11. The number of phosphoric acid groups is 1. The van der Waals surface area contributed by atoms with Crippen molar-refractivity contribution in [3.63, 3.8) is 0 Å². The maximum absolute atomic E-state index is 11.9. The van der Waals surface area contributed by atoms with E-state index in [9.17, 15) is 9.36 Å². The standard InChI is InChI=1S/C16H28NO5P.C2H6/c1-21-23(19,20)22-9-5-3-2-4-8-17-16(18)12-15-11-13-6-7-14(15)10-13;1-2/h6-7,13-15H,2-5,8-12H2,1H3,(H,17,18)(H,19,20);1-2H3. The molecule has 4 unspecified atom stereocenters. The van der Waals surface area contributed by atoms with Gasteiger partial charge in [-0.15, -0.1) is 0 Å². The number of allylic oxidation sites excluding steroid dienone is 2. The molecule has 2 N–H and O–H groups in total. The molecule has 7 heteroatoms. The fourth-order valence-corrected chi connectivity index (χ4v) is 3.95. The van der Waals surface area contributed by atoms with Gasteiger partial charge in [0, 0.05) is 20.1 Å². The van der Waals surface area contributed by atoms with Crippen LogP contribution < -0.4 is 5.32 Å². The van der Waals surface area contributed by atoms with Crippen LogP contribution in [0.3, 0.4) is 0 Å². The maximum Gasteiger partial charge on any atom is 0.471 e. The molecule has 0 heterocycles. The van der Waals surface area contributed by atoms with Gasteiger partial charge in [0.2, 0.25) is 5.91 Å². The fourth-order valence-electron chi connectivity index (χ4n) is 3.48. The predicted molar refractivity (Wildman–Crippen MR) is 99.1 cm³/mol. The van der Waals surface area contributed by atoms with Gasteiger partial charge in [-0.3, -0.25) is 13.8 Å². The van der Waals surface area contributed by atoms with E-state index in [1.54, 1.807) is 0 Å². The lowest BCUT2D eigenvalue weighted by molar-refractivity contribution is -0.122. The molecule has 0 aromatic rings. The quantitative estimate of drug-likeness (QED) is 0.323. The number of carbonyl (C=O) groups is 1. The lowest BCUT2D eigenvalue weighted by Gasteiger charge is -2.17. The molecular formula is C18H34NO5P. The Bertz CT molecular complexity index is 468. The van der Waals surface area contributed by atoms with Crippen molar-refractivity contribution >= 4 is 13.7 Å². The summed E-state index contributed by atoms with van der Waals surface area (Å²) in [6.07, 6.45) is 11.1. The van der Waals surface area contributed by atoms with Gasteiger partial charge in [-0.2, -0.15) is 0 Å². The largest absolute Gasteiger partial charge is 0.471 e. The molecule has 1 amide bonds. The van der Waals surface area contributed by atoms with E-state index in [2.05, 4.69) is 22.0 Å². The second-order valence-corrected chi connectivity index (χ2v) is 8.05. The number of fused-ring (bicyclic) bond motifs is 2. The molecule has 0 radical (unpaired) electrons. The zero-order chi connectivity index (χ0) is 18.7. The van der Waals surface area contributed by atoms with Gasteiger partial charge in [0.05, 0.1) is 6.61 Å². The van der Waals surface area contributed by atoms with Crippen molar-refractivity contribution in [3.05, 3.63) is 12.2 Å². The van der Waals surface area contributed by atoms with Crippen molar-refractivity contribution in [2.24, 2.45) is 17.8 Å². The van der Waals surface area contributed by atoms with Crippen LogP contribution >= 0.6 is 7.82 Å². The van der Waals surface area contributed by atoms with E-state index in [0.29, 0.717) is 37.1 Å². The van der Waals surface area contributed by atoms with Gasteiger partial charge in [-0.1, -0.05) is 38.8 Å². The van der Waals surface area contributed by atoms with Gasteiger partial charge < -0.3 is 10.2 Å². The Morgan fingerprint density at radius 1 is 1.20 bits per heavy atom. The third kappa shape index (κ3) is 8.50. The number of amides is 1. The number of hydrogen-bond donors (Lipinski definition) is 2. The summed E-state index contributed by atoms with van der Waals surface area (Å²) >= 11 is 0. The van der Waals surface area contributed by atoms with Crippen LogP contribution in [0, 0.1) is 17.8 Å². The van der Waals surface area contributed by atoms with Crippen molar-refractivity contribution in [2.75, 3.05) is 20.3 Å². The fraction of sp³-hybridized carbons (Fsp3) is 0.833. The Kier molecular flexibility index (Phi) is 10.6. The van der Waals surface area contributed by atoms with Gasteiger partial charge in [-0.05, 0) is 43.4 Å². The predicted octanol–water partition coefficient (Wildman–Crippen LogP) is 4.05. The van der Waals surface area contributed by atoms with Gasteiger partial charge in [0.15, 0.2) is 0 Å². The van der Waals surface area contributed by atoms with Crippen molar-refractivity contribution in [1.82, 2.24) is 5.32 Å². The van der Waals surface area contributed by atoms with Crippen LogP contribution in [0.25, 0.3) is 0 Å². The second-order valence-electron chi connectivity index (χ2n) is 6.49. The highest BCUT2D eigenvalue weighted by Gasteiger charge is 2.36. The minimum Gasteiger partial charge on any atom is -0.356 e. The Balaban J connectivity index is 0.00000151. The third-order valence-corrected chi connectivity index (χ3v) is 5.71. The normalized spacial score (nSPS) is 26.0. The van der Waals surface area contributed by atoms with Crippen LogP contribution in [-0.4, -0.2) is 31.1 Å². The van der Waals surface area contributed by atoms with Crippen LogP contribution in [0.2, 0.25) is 0 Å². The molecule has 0 aliphatic heterocycles. The monoisotopic (exact) mass is 375 g/mol. The average Bonchev–Trinajstić information content (AvgIpc) is 3.22. The highest BCUT2D eigenvalue weighted by molar-refractivity contribution is 7.47. The molecule has 146 valence electrons. The molecule has 4 atom stereocenters. The minimum absolute atomic E-state index is 0.167. The molecule has 0 aromatic heterocycles. The first-order valence-electron chi connectivity index (χ1n) is 9.48. The lowest BCUT2D eigenvalue weighted by Crippen LogP contribution is -2.27. The van der Waals surface area contributed by atoms with E-state index < -0.39 is 7.82 Å². The summed E-state index contributed by atoms with van der Waals surface area (Å²) < 4.78 is 20.1. The van der Waals surface area contributed by atoms with E-state index in [1.807, 2.05) is 13.8 Å². The summed E-state index contributed by atoms with van der Waals surface area (Å²) in [6, 6.07) is 0. The van der Waals surface area contributed by atoms with Crippen LogP contribution in [-0.2, 0) is 18.4 Å². The van der Waals surface area contributed by atoms with Gasteiger partial charge in [-0.25, -0.2) is 4.57 Å². The van der Waals surface area contributed by atoms with Crippen molar-refractivity contribution in [1.29, 1.82) is 0 Å². The topological polar surface area (TPSA) is 84.9 Å². The summed E-state index contributed by atoms with van der Waals surface area (Å²) in [6.45, 7) is 4.92. The van der Waals surface area contributed by atoms with Crippen LogP contribution in [0.5, 0.6) is 0 Å². The molecule has 2 aliphatic rings. The molecule has 1 saturated carbocycles. The first kappa shape index (κ1) is 22.4. The molecular weight excluding hydrogens is 341 g/mol. The molecule has 0 saturated heterocycles. The smallest absolute Gasteiger partial charge is 0.356 e. The average molecular weight is 375 g/mol. The summed E-state index contributed by atoms with van der Waals surface area (Å²) in [4.78, 5) is 21.0. The SMILES string of the molecule is CC.COP(=O)(O)OCCCCCCNC(=O)CC1CC2C=CC1C2. The van der Waals surface area contributed by atoms with E-state index >= 15 is 0 Å². The molecule has 6 nitrogen and oxygen atoms in total. The molecule has 2 aliphatic carbocycles. The number of carbonyl (C=O) groups excluding carboxylic acids is 1. The molecule has 0 spiro atoms. The summed E-state index contributed by atoms with van der Waals surface area (Å²) in [5.41, 5.74) is 0. The first-order valence-corrected chi connectivity index (χ1v) is 11.0. The van der Waals surface area contributed by atoms with E-state index in [-0.39, 0.29) is 12.5 Å². The van der Waals surface area contributed by atoms with Crippen molar-refractivity contribution < 1.29 is 23.3 Å². The van der Waals surface area contributed by atoms with E-state index in [0.717, 1.165) is 26.4 Å². The minimum atomic E-state index is -3.83. The van der Waals surface area contributed by atoms with Gasteiger partial charge in [0.25, 0.3) is 0 Å². The molecule has 0 aromatic carbocycles. The zero-order valence-corrected chi connectivity index (χ0v) is 16.7. The second kappa shape index (κ2) is 11.8. The Hall–Kier alpha value is -0.680. The Morgan fingerprint density at radius 3 is 2.52 bits per heavy atom. The number of hydrogen-bond acceptors (Lipinski definition) is 4. The Morgan fingerprint density at radius 2 is 1.92 bits per heavy atom. The number of phosphoric ester groups is 1.